The highest BCUT2D eigenvalue weighted by molar-refractivity contribution is 8.00. The molecule has 0 fully saturated rings. The van der Waals surface area contributed by atoms with Crippen LogP contribution in [0.2, 0.25) is 5.02 Å². The summed E-state index contributed by atoms with van der Waals surface area (Å²) in [6.07, 6.45) is 0. The Kier molecular flexibility index (Phi) is 7.54. The Labute approximate surface area is 163 Å². The van der Waals surface area contributed by atoms with Crippen molar-refractivity contribution in [2.75, 3.05) is 23.9 Å². The smallest absolute Gasteiger partial charge is 0.234 e. The molecule has 1 unspecified atom stereocenters. The van der Waals surface area contributed by atoms with Crippen LogP contribution in [0.5, 0.6) is 0 Å². The number of rotatable bonds is 7. The van der Waals surface area contributed by atoms with Gasteiger partial charge in [-0.1, -0.05) is 35.9 Å². The summed E-state index contributed by atoms with van der Waals surface area (Å²) in [6, 6.07) is 15.0. The van der Waals surface area contributed by atoms with Crippen molar-refractivity contribution in [2.45, 2.75) is 19.9 Å². The molecule has 6 heteroatoms. The summed E-state index contributed by atoms with van der Waals surface area (Å²) in [7, 11) is 1.77. The Balaban J connectivity index is 1.78. The van der Waals surface area contributed by atoms with Crippen LogP contribution in [0.3, 0.4) is 0 Å². The van der Waals surface area contributed by atoms with Gasteiger partial charge in [-0.05, 0) is 49.2 Å². The molecule has 138 valence electrons. The van der Waals surface area contributed by atoms with Gasteiger partial charge in [0.1, 0.15) is 0 Å². The van der Waals surface area contributed by atoms with Gasteiger partial charge in [0.15, 0.2) is 0 Å². The van der Waals surface area contributed by atoms with Crippen LogP contribution in [0.25, 0.3) is 0 Å². The third-order valence-corrected chi connectivity index (χ3v) is 5.26. The zero-order valence-corrected chi connectivity index (χ0v) is 16.7. The quantitative estimate of drug-likeness (QED) is 0.755. The fourth-order valence-electron chi connectivity index (χ4n) is 2.43. The van der Waals surface area contributed by atoms with E-state index in [2.05, 4.69) is 5.32 Å². The van der Waals surface area contributed by atoms with E-state index in [0.717, 1.165) is 16.8 Å². The fraction of sp³-hybridized carbons (Fsp3) is 0.300. The van der Waals surface area contributed by atoms with Crippen molar-refractivity contribution in [1.29, 1.82) is 0 Å². The molecular formula is C20H23ClN2O2S. The first-order valence-electron chi connectivity index (χ1n) is 8.32. The van der Waals surface area contributed by atoms with Gasteiger partial charge in [0.05, 0.1) is 17.5 Å². The SMILES string of the molecule is Cc1cccc(NC(=O)CSCC(=O)N(C)C(C)c2ccc(Cl)cc2)c1. The molecule has 0 spiro atoms. The number of aryl methyl sites for hydroxylation is 1. The molecule has 0 aliphatic carbocycles. The molecule has 0 heterocycles. The van der Waals surface area contributed by atoms with E-state index in [4.69, 9.17) is 11.6 Å². The second-order valence-corrected chi connectivity index (χ2v) is 7.56. The maximum absolute atomic E-state index is 12.4. The van der Waals surface area contributed by atoms with Gasteiger partial charge in [0.25, 0.3) is 0 Å². The Morgan fingerprint density at radius 3 is 2.50 bits per heavy atom. The Morgan fingerprint density at radius 1 is 1.15 bits per heavy atom. The number of nitrogens with one attached hydrogen (secondary N) is 1. The van der Waals surface area contributed by atoms with Crippen LogP contribution >= 0.6 is 23.4 Å². The summed E-state index contributed by atoms with van der Waals surface area (Å²) in [4.78, 5) is 26.0. The highest BCUT2D eigenvalue weighted by Crippen LogP contribution is 2.21. The zero-order valence-electron chi connectivity index (χ0n) is 15.2. The van der Waals surface area contributed by atoms with Crippen molar-refractivity contribution in [3.05, 3.63) is 64.7 Å². The first kappa shape index (κ1) is 20.3. The Morgan fingerprint density at radius 2 is 1.85 bits per heavy atom. The second-order valence-electron chi connectivity index (χ2n) is 6.14. The summed E-state index contributed by atoms with van der Waals surface area (Å²) >= 11 is 7.21. The summed E-state index contributed by atoms with van der Waals surface area (Å²) in [5.41, 5.74) is 2.88. The summed E-state index contributed by atoms with van der Waals surface area (Å²) in [5, 5.41) is 3.51. The third-order valence-electron chi connectivity index (χ3n) is 4.09. The largest absolute Gasteiger partial charge is 0.338 e. The lowest BCUT2D eigenvalue weighted by Gasteiger charge is -2.25. The monoisotopic (exact) mass is 390 g/mol. The third kappa shape index (κ3) is 6.07. The van der Waals surface area contributed by atoms with E-state index in [9.17, 15) is 9.59 Å². The maximum atomic E-state index is 12.4. The number of carbonyl (C=O) groups is 2. The van der Waals surface area contributed by atoms with Crippen molar-refractivity contribution < 1.29 is 9.59 Å². The number of hydrogen-bond acceptors (Lipinski definition) is 3. The van der Waals surface area contributed by atoms with E-state index >= 15 is 0 Å². The number of hydrogen-bond donors (Lipinski definition) is 1. The van der Waals surface area contributed by atoms with Gasteiger partial charge in [-0.2, -0.15) is 0 Å². The molecule has 0 radical (unpaired) electrons. The van der Waals surface area contributed by atoms with Crippen molar-refractivity contribution >= 4 is 40.9 Å². The van der Waals surface area contributed by atoms with Crippen molar-refractivity contribution in [3.63, 3.8) is 0 Å². The highest BCUT2D eigenvalue weighted by atomic mass is 35.5. The molecule has 0 saturated carbocycles. The second kappa shape index (κ2) is 9.64. The fourth-order valence-corrected chi connectivity index (χ4v) is 3.30. The number of nitrogens with zero attached hydrogens (tertiary/aromatic N) is 1. The van der Waals surface area contributed by atoms with Gasteiger partial charge in [-0.15, -0.1) is 11.8 Å². The van der Waals surface area contributed by atoms with Crippen LogP contribution in [-0.2, 0) is 9.59 Å². The normalized spacial score (nSPS) is 11.7. The predicted molar refractivity (Wildman–Crippen MR) is 110 cm³/mol. The maximum Gasteiger partial charge on any atom is 0.234 e. The lowest BCUT2D eigenvalue weighted by Crippen LogP contribution is -2.31. The van der Waals surface area contributed by atoms with Crippen molar-refractivity contribution in [1.82, 2.24) is 4.90 Å². The van der Waals surface area contributed by atoms with Crippen LogP contribution in [0.15, 0.2) is 48.5 Å². The van der Waals surface area contributed by atoms with Gasteiger partial charge in [0.2, 0.25) is 11.8 Å². The molecule has 2 aromatic rings. The van der Waals surface area contributed by atoms with E-state index < -0.39 is 0 Å². The zero-order chi connectivity index (χ0) is 19.1. The molecule has 2 amide bonds. The molecule has 4 nitrogen and oxygen atoms in total. The van der Waals surface area contributed by atoms with E-state index in [1.54, 1.807) is 11.9 Å². The van der Waals surface area contributed by atoms with Crippen molar-refractivity contribution in [3.8, 4) is 0 Å². The van der Waals surface area contributed by atoms with Gasteiger partial charge < -0.3 is 10.2 Å². The number of carbonyl (C=O) groups excluding carboxylic acids is 2. The van der Waals surface area contributed by atoms with E-state index in [1.807, 2.05) is 62.4 Å². The van der Waals surface area contributed by atoms with Crippen molar-refractivity contribution in [2.24, 2.45) is 0 Å². The van der Waals surface area contributed by atoms with Crippen LogP contribution in [0.1, 0.15) is 24.1 Å². The molecule has 0 saturated heterocycles. The standard InChI is InChI=1S/C20H23ClN2O2S/c1-14-5-4-6-18(11-14)22-19(24)12-26-13-20(25)23(3)15(2)16-7-9-17(21)10-8-16/h4-11,15H,12-13H2,1-3H3,(H,22,24). The van der Waals surface area contributed by atoms with Crippen LogP contribution in [-0.4, -0.2) is 35.3 Å². The molecular weight excluding hydrogens is 368 g/mol. The molecule has 0 aliphatic heterocycles. The Hall–Kier alpha value is -1.98. The first-order chi connectivity index (χ1) is 12.4. The van der Waals surface area contributed by atoms with E-state index in [-0.39, 0.29) is 29.4 Å². The summed E-state index contributed by atoms with van der Waals surface area (Å²) < 4.78 is 0. The molecule has 1 N–H and O–H groups in total. The number of benzene rings is 2. The molecule has 0 aromatic heterocycles. The molecule has 0 bridgehead atoms. The first-order valence-corrected chi connectivity index (χ1v) is 9.85. The van der Waals surface area contributed by atoms with Crippen LogP contribution in [0, 0.1) is 6.92 Å². The molecule has 26 heavy (non-hydrogen) atoms. The van der Waals surface area contributed by atoms with Gasteiger partial charge in [0, 0.05) is 17.8 Å². The molecule has 2 aromatic carbocycles. The Bertz CT molecular complexity index is 765. The number of amides is 2. The van der Waals surface area contributed by atoms with Gasteiger partial charge in [-0.3, -0.25) is 9.59 Å². The molecule has 2 rings (SSSR count). The average molecular weight is 391 g/mol. The van der Waals surface area contributed by atoms with Crippen LogP contribution < -0.4 is 5.32 Å². The summed E-state index contributed by atoms with van der Waals surface area (Å²) in [6.45, 7) is 3.94. The van der Waals surface area contributed by atoms with Gasteiger partial charge >= 0.3 is 0 Å². The number of thioether (sulfide) groups is 1. The minimum absolute atomic E-state index is 0.0131. The highest BCUT2D eigenvalue weighted by Gasteiger charge is 2.17. The van der Waals surface area contributed by atoms with Gasteiger partial charge in [-0.25, -0.2) is 0 Å². The molecule has 0 aliphatic rings. The lowest BCUT2D eigenvalue weighted by molar-refractivity contribution is -0.128. The number of anilines is 1. The predicted octanol–water partition coefficient (Wildman–Crippen LogP) is 4.54. The average Bonchev–Trinajstić information content (AvgIpc) is 2.61. The molecule has 1 atom stereocenters. The van der Waals surface area contributed by atoms with Crippen LogP contribution in [0.4, 0.5) is 5.69 Å². The topological polar surface area (TPSA) is 49.4 Å². The van der Waals surface area contributed by atoms with E-state index in [1.165, 1.54) is 11.8 Å². The minimum atomic E-state index is -0.109. The van der Waals surface area contributed by atoms with E-state index in [0.29, 0.717) is 5.02 Å². The summed E-state index contributed by atoms with van der Waals surface area (Å²) in [5.74, 6) is 0.376. The minimum Gasteiger partial charge on any atom is -0.338 e. The lowest BCUT2D eigenvalue weighted by atomic mass is 10.1. The number of halogens is 1.